The highest BCUT2D eigenvalue weighted by Crippen LogP contribution is 2.37. The van der Waals surface area contributed by atoms with E-state index in [0.29, 0.717) is 48.6 Å². The molecule has 3 fully saturated rings. The van der Waals surface area contributed by atoms with E-state index in [2.05, 4.69) is 65.3 Å². The van der Waals surface area contributed by atoms with Gasteiger partial charge in [-0.3, -0.25) is 28.8 Å². The van der Waals surface area contributed by atoms with Gasteiger partial charge in [0, 0.05) is 136 Å². The molecule has 1 saturated carbocycles. The van der Waals surface area contributed by atoms with Crippen LogP contribution in [0.2, 0.25) is 0 Å². The average Bonchev–Trinajstić information content (AvgIpc) is 3.68. The summed E-state index contributed by atoms with van der Waals surface area (Å²) in [6, 6.07) is 16.7. The van der Waals surface area contributed by atoms with Gasteiger partial charge in [0.15, 0.2) is 5.78 Å². The number of piperidine rings is 1. The van der Waals surface area contributed by atoms with Crippen LogP contribution in [0.4, 0.5) is 21.5 Å². The number of anilines is 3. The number of hydrogen-bond acceptors (Lipinski definition) is 11. The molecule has 14 nitrogen and oxygen atoms in total. The lowest BCUT2D eigenvalue weighted by Crippen LogP contribution is -2.51. The van der Waals surface area contributed by atoms with E-state index in [4.69, 9.17) is 4.74 Å². The Morgan fingerprint density at radius 1 is 0.985 bits per heavy atom. The Labute approximate surface area is 391 Å². The number of fused-ring (bicyclic) bond motifs is 1. The predicted octanol–water partition coefficient (Wildman–Crippen LogP) is 6.89. The van der Waals surface area contributed by atoms with E-state index in [-0.39, 0.29) is 41.1 Å². The van der Waals surface area contributed by atoms with Crippen molar-refractivity contribution in [2.45, 2.75) is 77.1 Å². The number of aromatic nitrogens is 3. The molecule has 1 aliphatic carbocycles. The summed E-state index contributed by atoms with van der Waals surface area (Å²) in [5.74, 6) is 0.736. The van der Waals surface area contributed by atoms with Crippen molar-refractivity contribution in [3.8, 4) is 11.4 Å². The molecule has 3 atom stereocenters. The minimum Gasteiger partial charge on any atom is -0.495 e. The molecule has 0 spiro atoms. The number of halogens is 1. The maximum atomic E-state index is 16.1. The third kappa shape index (κ3) is 9.59. The number of pyridine rings is 2. The molecule has 4 N–H and O–H groups in total. The molecule has 2 saturated heterocycles. The van der Waals surface area contributed by atoms with E-state index in [1.807, 2.05) is 44.3 Å². The molecular weight excluding hydrogens is 850 g/mol. The maximum Gasteiger partial charge on any atom is 0.257 e. The van der Waals surface area contributed by atoms with Crippen molar-refractivity contribution in [3.05, 3.63) is 112 Å². The first-order valence-electron chi connectivity index (χ1n) is 23.9. The molecule has 2 aromatic carbocycles. The maximum absolute atomic E-state index is 16.1. The predicted molar refractivity (Wildman–Crippen MR) is 262 cm³/mol. The highest BCUT2D eigenvalue weighted by Gasteiger charge is 2.32. The molecule has 3 aromatic heterocycles. The van der Waals surface area contributed by atoms with Gasteiger partial charge in [-0.15, -0.1) is 0 Å². The van der Waals surface area contributed by atoms with Gasteiger partial charge in [0.1, 0.15) is 23.4 Å². The number of ketones is 1. The van der Waals surface area contributed by atoms with E-state index in [1.54, 1.807) is 37.2 Å². The molecular formula is C52H64FN9O5. The van der Waals surface area contributed by atoms with Crippen LogP contribution in [0, 0.1) is 24.6 Å². The van der Waals surface area contributed by atoms with Gasteiger partial charge in [0.25, 0.3) is 5.56 Å². The number of piperazine rings is 1. The van der Waals surface area contributed by atoms with Crippen molar-refractivity contribution in [3.63, 3.8) is 0 Å². The number of aliphatic hydroxyl groups is 1. The third-order valence-electron chi connectivity index (χ3n) is 14.9. The number of nitrogens with zero attached hydrogens (tertiary/aromatic N) is 6. The van der Waals surface area contributed by atoms with Gasteiger partial charge in [-0.2, -0.15) is 0 Å². The van der Waals surface area contributed by atoms with Gasteiger partial charge in [0.2, 0.25) is 5.91 Å². The number of rotatable bonds is 13. The van der Waals surface area contributed by atoms with Crippen LogP contribution in [0.3, 0.4) is 0 Å². The summed E-state index contributed by atoms with van der Waals surface area (Å²) >= 11 is 0. The van der Waals surface area contributed by atoms with Gasteiger partial charge >= 0.3 is 0 Å². The van der Waals surface area contributed by atoms with Crippen LogP contribution < -0.4 is 31.1 Å². The molecule has 3 unspecified atom stereocenters. The van der Waals surface area contributed by atoms with Crippen molar-refractivity contribution in [1.29, 1.82) is 0 Å². The minimum atomic E-state index is -0.945. The summed E-state index contributed by atoms with van der Waals surface area (Å²) in [6.07, 6.45) is 9.94. The average molecular weight is 914 g/mol. The summed E-state index contributed by atoms with van der Waals surface area (Å²) in [6.45, 7) is 10.2. The molecule has 0 bridgehead atoms. The first kappa shape index (κ1) is 46.1. The second kappa shape index (κ2) is 19.7. The minimum absolute atomic E-state index is 0.0424. The Morgan fingerprint density at radius 3 is 2.46 bits per heavy atom. The molecule has 1 amide bonds. The number of carbonyl (C=O) groups is 2. The van der Waals surface area contributed by atoms with E-state index in [9.17, 15) is 19.5 Å². The van der Waals surface area contributed by atoms with Crippen LogP contribution in [0.25, 0.3) is 22.3 Å². The summed E-state index contributed by atoms with van der Waals surface area (Å²) in [5.41, 5.74) is 8.04. The van der Waals surface area contributed by atoms with Gasteiger partial charge < -0.3 is 35.3 Å². The first-order chi connectivity index (χ1) is 32.4. The molecule has 5 aromatic rings. The number of methoxy groups -OCH3 is 1. The zero-order chi connectivity index (χ0) is 46.9. The number of aryl methyl sites for hydroxylation is 2. The molecule has 9 rings (SSSR count). The van der Waals surface area contributed by atoms with Crippen molar-refractivity contribution in [1.82, 2.24) is 29.2 Å². The normalized spacial score (nSPS) is 22.3. The highest BCUT2D eigenvalue weighted by molar-refractivity contribution is 5.98. The number of amides is 1. The largest absolute Gasteiger partial charge is 0.495 e. The van der Waals surface area contributed by atoms with Crippen molar-refractivity contribution in [2.24, 2.45) is 18.9 Å². The number of aliphatic hydroxyl groups excluding tert-OH is 1. The Balaban J connectivity index is 0.765. The van der Waals surface area contributed by atoms with Crippen LogP contribution in [-0.4, -0.2) is 113 Å². The smallest absolute Gasteiger partial charge is 0.257 e. The van der Waals surface area contributed by atoms with E-state index >= 15 is 4.39 Å². The fraction of sp³-hybridized carbons (Fsp3) is 0.462. The number of Topliss-reactive ketones (excluding diaryl/α,β-unsaturated/α-hetero) is 1. The number of carbonyl (C=O) groups excluding carboxylic acids is 2. The zero-order valence-corrected chi connectivity index (χ0v) is 39.4. The molecule has 15 heteroatoms. The van der Waals surface area contributed by atoms with Crippen LogP contribution in [0.5, 0.6) is 5.75 Å². The second-order valence-electron chi connectivity index (χ2n) is 18.9. The summed E-state index contributed by atoms with van der Waals surface area (Å²) < 4.78 is 25.6. The van der Waals surface area contributed by atoms with E-state index in [1.165, 1.54) is 6.07 Å². The Kier molecular flexibility index (Phi) is 13.5. The molecule has 67 heavy (non-hydrogen) atoms. The SMILES string of the molecule is CNc1ccn(-c2ccnc3c2cc(C(C)N2CC=C(c4c(C)cc(C(=O)C5CCC(CN6CCN(c7ccc(NC8CCC(=O)NC8O)c(OC)c7)CC6)CC5)cc4F)CC2)n3C)c(=O)c1. The Morgan fingerprint density at radius 2 is 1.78 bits per heavy atom. The summed E-state index contributed by atoms with van der Waals surface area (Å²) in [7, 11) is 5.45. The number of hydrogen-bond donors (Lipinski definition) is 4. The van der Waals surface area contributed by atoms with Crippen molar-refractivity contribution >= 4 is 45.4 Å². The summed E-state index contributed by atoms with van der Waals surface area (Å²) in [4.78, 5) is 50.5. The lowest BCUT2D eigenvalue weighted by Gasteiger charge is -2.39. The van der Waals surface area contributed by atoms with Gasteiger partial charge in [-0.25, -0.2) is 9.37 Å². The molecule has 6 heterocycles. The van der Waals surface area contributed by atoms with Crippen molar-refractivity contribution < 1.29 is 23.8 Å². The standard InChI is InChI=1S/C52H64FN9O5/c1-32-26-37(27-41(53)49(32)35-15-19-60(20-16-35)33(2)45-30-40-44(14-18-55-51(40)58(45)4)62-21-17-38(54-3)28-48(62)64)50(65)36-8-6-34(7-9-36)31-59-22-24-61(25-23-59)39-10-11-42(46(29-39)67-5)56-43-12-13-47(63)57-52(43)66/h10-11,14-15,17-18,21,26-30,33-34,36,43,52,54,56,66H,6-9,12-13,16,19-20,22-25,31H2,1-5H3,(H,57,63). The molecule has 354 valence electrons. The van der Waals surface area contributed by atoms with Gasteiger partial charge in [-0.1, -0.05) is 6.08 Å². The second-order valence-corrected chi connectivity index (χ2v) is 18.9. The van der Waals surface area contributed by atoms with Gasteiger partial charge in [0.05, 0.1) is 24.5 Å². The number of ether oxygens (including phenoxy) is 1. The molecule has 3 aliphatic heterocycles. The monoisotopic (exact) mass is 914 g/mol. The number of nitrogens with one attached hydrogen (secondary N) is 3. The Hall–Kier alpha value is -6.03. The zero-order valence-electron chi connectivity index (χ0n) is 39.4. The lowest BCUT2D eigenvalue weighted by molar-refractivity contribution is -0.126. The molecule has 4 aliphatic rings. The van der Waals surface area contributed by atoms with E-state index < -0.39 is 6.23 Å². The molecule has 0 radical (unpaired) electrons. The fourth-order valence-corrected chi connectivity index (χ4v) is 10.9. The lowest BCUT2D eigenvalue weighted by atomic mass is 9.78. The van der Waals surface area contributed by atoms with E-state index in [0.717, 1.165) is 116 Å². The van der Waals surface area contributed by atoms with Crippen LogP contribution in [0.1, 0.15) is 85.1 Å². The summed E-state index contributed by atoms with van der Waals surface area (Å²) in [5, 5.41) is 20.2. The Bertz CT molecular complexity index is 2710. The van der Waals surface area contributed by atoms with Crippen molar-refractivity contribution in [2.75, 3.05) is 75.5 Å². The quantitative estimate of drug-likeness (QED) is 0.0916. The third-order valence-corrected chi connectivity index (χ3v) is 14.9. The highest BCUT2D eigenvalue weighted by atomic mass is 19.1. The van der Waals surface area contributed by atoms with Crippen LogP contribution >= 0.6 is 0 Å². The number of benzene rings is 2. The van der Waals surface area contributed by atoms with Gasteiger partial charge in [-0.05, 0) is 112 Å². The van der Waals surface area contributed by atoms with Crippen LogP contribution in [0.15, 0.2) is 77.9 Å². The van der Waals surface area contributed by atoms with Crippen LogP contribution in [-0.2, 0) is 11.8 Å². The topological polar surface area (TPSA) is 149 Å². The first-order valence-corrected chi connectivity index (χ1v) is 23.9. The fourth-order valence-electron chi connectivity index (χ4n) is 10.9.